The van der Waals surface area contributed by atoms with Gasteiger partial charge in [-0.3, -0.25) is 0 Å². The smallest absolute Gasteiger partial charge is 0.248 e. The number of guanidine groups is 1. The minimum atomic E-state index is 0.225. The van der Waals surface area contributed by atoms with Crippen LogP contribution in [0.4, 0.5) is 0 Å². The van der Waals surface area contributed by atoms with Crippen molar-refractivity contribution in [1.82, 2.24) is 15.5 Å². The summed E-state index contributed by atoms with van der Waals surface area (Å²) in [6, 6.07) is 7.47. The Kier molecular flexibility index (Phi) is 4.57. The minimum Gasteiger partial charge on any atom is -0.370 e. The van der Waals surface area contributed by atoms with E-state index >= 15 is 0 Å². The minimum absolute atomic E-state index is 0.225. The van der Waals surface area contributed by atoms with E-state index in [4.69, 9.17) is 21.9 Å². The molecule has 3 N–H and O–H groups in total. The van der Waals surface area contributed by atoms with Crippen LogP contribution in [0.5, 0.6) is 0 Å². The molecule has 0 fully saturated rings. The highest BCUT2D eigenvalue weighted by Crippen LogP contribution is 2.19. The van der Waals surface area contributed by atoms with E-state index in [-0.39, 0.29) is 12.6 Å². The van der Waals surface area contributed by atoms with Gasteiger partial charge in [-0.05, 0) is 26.0 Å². The number of benzene rings is 1. The highest BCUT2D eigenvalue weighted by Gasteiger charge is 2.08. The van der Waals surface area contributed by atoms with Gasteiger partial charge in [0.15, 0.2) is 5.96 Å². The number of nitrogens with one attached hydrogen (secondary N) is 1. The zero-order chi connectivity index (χ0) is 14.5. The molecule has 0 aliphatic carbocycles. The fraction of sp³-hybridized carbons (Fsp3) is 0.308. The summed E-state index contributed by atoms with van der Waals surface area (Å²) < 4.78 is 5.12. The predicted octanol–water partition coefficient (Wildman–Crippen LogP) is 2.20. The van der Waals surface area contributed by atoms with E-state index in [0.29, 0.717) is 22.7 Å². The molecule has 0 radical (unpaired) electrons. The lowest BCUT2D eigenvalue weighted by Crippen LogP contribution is -2.36. The topological polar surface area (TPSA) is 89.3 Å². The molecule has 0 aliphatic rings. The van der Waals surface area contributed by atoms with Gasteiger partial charge in [-0.15, -0.1) is 0 Å². The first-order chi connectivity index (χ1) is 9.54. The molecule has 0 amide bonds. The van der Waals surface area contributed by atoms with Crippen LogP contribution in [0.2, 0.25) is 5.02 Å². The highest BCUT2D eigenvalue weighted by atomic mass is 35.5. The standard InChI is InChI=1S/C13H16ClN5O/c1-8(2)17-13(15)16-7-11-18-12(19-20-11)9-4-3-5-10(14)6-9/h3-6,8H,7H2,1-2H3,(H3,15,16,17). The SMILES string of the molecule is CC(C)NC(N)=NCc1nc(-c2cccc(Cl)c2)no1. The Hall–Kier alpha value is -2.08. The molecule has 0 saturated carbocycles. The molecule has 2 rings (SSSR count). The van der Waals surface area contributed by atoms with Gasteiger partial charge in [-0.25, -0.2) is 4.99 Å². The molecule has 6 nitrogen and oxygen atoms in total. The molecule has 0 atom stereocenters. The van der Waals surface area contributed by atoms with Crippen molar-refractivity contribution in [1.29, 1.82) is 0 Å². The lowest BCUT2D eigenvalue weighted by molar-refractivity contribution is 0.380. The van der Waals surface area contributed by atoms with Gasteiger partial charge in [0.1, 0.15) is 6.54 Å². The maximum atomic E-state index is 5.92. The molecule has 1 heterocycles. The lowest BCUT2D eigenvalue weighted by atomic mass is 10.2. The summed E-state index contributed by atoms with van der Waals surface area (Å²) in [4.78, 5) is 8.37. The Morgan fingerprint density at radius 3 is 3.00 bits per heavy atom. The second-order valence-corrected chi connectivity index (χ2v) is 4.96. The summed E-state index contributed by atoms with van der Waals surface area (Å²) in [7, 11) is 0. The molecule has 7 heteroatoms. The summed E-state index contributed by atoms with van der Waals surface area (Å²) >= 11 is 5.92. The van der Waals surface area contributed by atoms with E-state index in [1.54, 1.807) is 12.1 Å². The third kappa shape index (κ3) is 3.96. The van der Waals surface area contributed by atoms with Crippen molar-refractivity contribution in [3.63, 3.8) is 0 Å². The number of nitrogens with zero attached hydrogens (tertiary/aromatic N) is 3. The third-order valence-corrected chi connectivity index (χ3v) is 2.61. The Labute approximate surface area is 122 Å². The number of aliphatic imine (C=N–C) groups is 1. The van der Waals surface area contributed by atoms with Crippen molar-refractivity contribution in [2.24, 2.45) is 10.7 Å². The first-order valence-electron chi connectivity index (χ1n) is 6.19. The summed E-state index contributed by atoms with van der Waals surface area (Å²) in [6.07, 6.45) is 0. The van der Waals surface area contributed by atoms with Crippen molar-refractivity contribution in [3.8, 4) is 11.4 Å². The molecular formula is C13H16ClN5O. The summed E-state index contributed by atoms with van der Waals surface area (Å²) in [5.74, 6) is 1.23. The molecule has 2 aromatic rings. The maximum Gasteiger partial charge on any atom is 0.248 e. The average Bonchev–Trinajstić information content (AvgIpc) is 2.84. The first kappa shape index (κ1) is 14.3. The second-order valence-electron chi connectivity index (χ2n) is 4.52. The van der Waals surface area contributed by atoms with Crippen LogP contribution in [-0.2, 0) is 6.54 Å². The second kappa shape index (κ2) is 6.38. The van der Waals surface area contributed by atoms with E-state index in [0.717, 1.165) is 5.56 Å². The molecule has 20 heavy (non-hydrogen) atoms. The Balaban J connectivity index is 2.06. The van der Waals surface area contributed by atoms with Crippen molar-refractivity contribution >= 4 is 17.6 Å². The van der Waals surface area contributed by atoms with Gasteiger partial charge in [-0.1, -0.05) is 28.9 Å². The van der Waals surface area contributed by atoms with Gasteiger partial charge >= 0.3 is 0 Å². The molecule has 0 saturated heterocycles. The molecule has 0 spiro atoms. The summed E-state index contributed by atoms with van der Waals surface area (Å²) in [5, 5.41) is 7.49. The van der Waals surface area contributed by atoms with Crippen molar-refractivity contribution < 1.29 is 4.52 Å². The molecule has 106 valence electrons. The third-order valence-electron chi connectivity index (χ3n) is 2.37. The number of aromatic nitrogens is 2. The van der Waals surface area contributed by atoms with E-state index in [1.807, 2.05) is 26.0 Å². The van der Waals surface area contributed by atoms with Crippen LogP contribution < -0.4 is 11.1 Å². The zero-order valence-corrected chi connectivity index (χ0v) is 12.1. The fourth-order valence-corrected chi connectivity index (χ4v) is 1.75. The number of hydrogen-bond acceptors (Lipinski definition) is 4. The van der Waals surface area contributed by atoms with Gasteiger partial charge in [0.25, 0.3) is 0 Å². The molecule has 0 bridgehead atoms. The number of nitrogens with two attached hydrogens (primary N) is 1. The van der Waals surface area contributed by atoms with Crippen LogP contribution in [0.3, 0.4) is 0 Å². The monoisotopic (exact) mass is 293 g/mol. The quantitative estimate of drug-likeness (QED) is 0.666. The molecule has 1 aromatic heterocycles. The van der Waals surface area contributed by atoms with E-state index in [1.165, 1.54) is 0 Å². The van der Waals surface area contributed by atoms with Gasteiger partial charge < -0.3 is 15.6 Å². The molecule has 0 aliphatic heterocycles. The van der Waals surface area contributed by atoms with Crippen LogP contribution in [0.25, 0.3) is 11.4 Å². The van der Waals surface area contributed by atoms with Crippen LogP contribution in [0.15, 0.2) is 33.8 Å². The van der Waals surface area contributed by atoms with Gasteiger partial charge in [-0.2, -0.15) is 4.98 Å². The fourth-order valence-electron chi connectivity index (χ4n) is 1.56. The summed E-state index contributed by atoms with van der Waals surface area (Å²) in [5.41, 5.74) is 6.49. The maximum absolute atomic E-state index is 5.92. The van der Waals surface area contributed by atoms with Gasteiger partial charge in [0, 0.05) is 16.6 Å². The van der Waals surface area contributed by atoms with Crippen molar-refractivity contribution in [2.45, 2.75) is 26.4 Å². The molecule has 0 unspecified atom stereocenters. The van der Waals surface area contributed by atoms with Crippen LogP contribution >= 0.6 is 11.6 Å². The van der Waals surface area contributed by atoms with Crippen LogP contribution in [0, 0.1) is 0 Å². The van der Waals surface area contributed by atoms with Gasteiger partial charge in [0.05, 0.1) is 0 Å². The van der Waals surface area contributed by atoms with E-state index < -0.39 is 0 Å². The number of hydrogen-bond donors (Lipinski definition) is 2. The number of halogens is 1. The number of rotatable bonds is 4. The van der Waals surface area contributed by atoms with Crippen LogP contribution in [0.1, 0.15) is 19.7 Å². The normalized spacial score (nSPS) is 11.9. The largest absolute Gasteiger partial charge is 0.370 e. The lowest BCUT2D eigenvalue weighted by Gasteiger charge is -2.07. The Morgan fingerprint density at radius 1 is 1.50 bits per heavy atom. The van der Waals surface area contributed by atoms with Crippen molar-refractivity contribution in [2.75, 3.05) is 0 Å². The van der Waals surface area contributed by atoms with E-state index in [9.17, 15) is 0 Å². The first-order valence-corrected chi connectivity index (χ1v) is 6.57. The molecular weight excluding hydrogens is 278 g/mol. The Bertz CT molecular complexity index is 608. The van der Waals surface area contributed by atoms with Crippen molar-refractivity contribution in [3.05, 3.63) is 35.2 Å². The van der Waals surface area contributed by atoms with E-state index in [2.05, 4.69) is 20.4 Å². The predicted molar refractivity (Wildman–Crippen MR) is 78.3 cm³/mol. The highest BCUT2D eigenvalue weighted by molar-refractivity contribution is 6.30. The van der Waals surface area contributed by atoms with Gasteiger partial charge in [0.2, 0.25) is 11.7 Å². The molecule has 1 aromatic carbocycles. The summed E-state index contributed by atoms with van der Waals surface area (Å²) in [6.45, 7) is 4.19. The average molecular weight is 294 g/mol. The zero-order valence-electron chi connectivity index (χ0n) is 11.3. The van der Waals surface area contributed by atoms with Crippen LogP contribution in [-0.4, -0.2) is 22.1 Å². The Morgan fingerprint density at radius 2 is 2.30 bits per heavy atom.